The molecule has 2 aromatic rings. The van der Waals surface area contributed by atoms with E-state index in [1.807, 2.05) is 0 Å². The van der Waals surface area contributed by atoms with Gasteiger partial charge in [0.2, 0.25) is 0 Å². The predicted octanol–water partition coefficient (Wildman–Crippen LogP) is 4.46. The number of hydrogen-bond acceptors (Lipinski definition) is 2. The van der Waals surface area contributed by atoms with Crippen LogP contribution in [-0.4, -0.2) is 17.8 Å². The van der Waals surface area contributed by atoms with Gasteiger partial charge in [-0.1, -0.05) is 24.3 Å². The summed E-state index contributed by atoms with van der Waals surface area (Å²) >= 11 is 0. The summed E-state index contributed by atoms with van der Waals surface area (Å²) in [5.41, 5.74) is 1.35. The molecule has 0 fully saturated rings. The van der Waals surface area contributed by atoms with Crippen LogP contribution in [0.4, 0.5) is 18.0 Å². The highest BCUT2D eigenvalue weighted by atomic mass is 19.4. The van der Waals surface area contributed by atoms with Crippen molar-refractivity contribution in [2.75, 3.05) is 6.61 Å². The van der Waals surface area contributed by atoms with Crippen LogP contribution >= 0.6 is 0 Å². The molecule has 1 atom stereocenters. The Kier molecular flexibility index (Phi) is 4.09. The largest absolute Gasteiger partial charge is 0.493 e. The number of carboxylic acid groups (broad SMARTS) is 1. The van der Waals surface area contributed by atoms with Gasteiger partial charge in [-0.15, -0.1) is 0 Å². The molecule has 1 heterocycles. The lowest BCUT2D eigenvalue weighted by Crippen LogP contribution is -2.30. The van der Waals surface area contributed by atoms with Gasteiger partial charge in [0.05, 0.1) is 18.2 Å². The Labute approximate surface area is 135 Å². The third-order valence-corrected chi connectivity index (χ3v) is 3.90. The lowest BCUT2D eigenvalue weighted by molar-refractivity contribution is -0.137. The summed E-state index contributed by atoms with van der Waals surface area (Å²) in [5.74, 6) is 0.539. The molecule has 0 saturated heterocycles. The Morgan fingerprint density at radius 1 is 1.12 bits per heavy atom. The first kappa shape index (κ1) is 16.2. The van der Waals surface area contributed by atoms with Crippen molar-refractivity contribution >= 4 is 6.09 Å². The van der Waals surface area contributed by atoms with Gasteiger partial charge in [-0.3, -0.25) is 0 Å². The molecular formula is C17H14F3NO3. The van der Waals surface area contributed by atoms with Gasteiger partial charge in [-0.05, 0) is 29.3 Å². The van der Waals surface area contributed by atoms with Crippen molar-refractivity contribution in [3.8, 4) is 16.9 Å². The number of carbonyl (C=O) groups is 1. The van der Waals surface area contributed by atoms with Crippen LogP contribution in [0.2, 0.25) is 0 Å². The SMILES string of the molecule is O=C(O)NC1CCOc2cc(-c3ccc(C(F)(F)F)cc3)ccc21. The molecule has 0 bridgehead atoms. The second-order valence-electron chi connectivity index (χ2n) is 5.47. The standard InChI is InChI=1S/C17H14F3NO3/c18-17(19,20)12-4-1-10(2-5-12)11-3-6-13-14(21-16(22)23)7-8-24-15(13)9-11/h1-6,9,14,21H,7-8H2,(H,22,23). The second-order valence-corrected chi connectivity index (χ2v) is 5.47. The molecule has 2 aromatic carbocycles. The number of alkyl halides is 3. The number of ether oxygens (including phenoxy) is 1. The molecule has 1 aliphatic rings. The summed E-state index contributed by atoms with van der Waals surface area (Å²) in [7, 11) is 0. The van der Waals surface area contributed by atoms with Gasteiger partial charge in [0, 0.05) is 12.0 Å². The maximum Gasteiger partial charge on any atom is 0.416 e. The lowest BCUT2D eigenvalue weighted by Gasteiger charge is -2.26. The summed E-state index contributed by atoms with van der Waals surface area (Å²) in [6, 6.07) is 9.71. The summed E-state index contributed by atoms with van der Waals surface area (Å²) in [5, 5.41) is 11.3. The monoisotopic (exact) mass is 337 g/mol. The van der Waals surface area contributed by atoms with Crippen LogP contribution in [0.3, 0.4) is 0 Å². The minimum absolute atomic E-state index is 0.354. The molecule has 24 heavy (non-hydrogen) atoms. The first-order valence-electron chi connectivity index (χ1n) is 7.28. The minimum atomic E-state index is -4.37. The Hall–Kier alpha value is -2.70. The van der Waals surface area contributed by atoms with Gasteiger partial charge in [-0.2, -0.15) is 13.2 Å². The molecule has 7 heteroatoms. The maximum absolute atomic E-state index is 12.6. The number of rotatable bonds is 2. The van der Waals surface area contributed by atoms with E-state index in [1.165, 1.54) is 12.1 Å². The highest BCUT2D eigenvalue weighted by molar-refractivity contribution is 5.68. The topological polar surface area (TPSA) is 58.6 Å². The van der Waals surface area contributed by atoms with E-state index in [1.54, 1.807) is 18.2 Å². The molecule has 0 spiro atoms. The number of benzene rings is 2. The van der Waals surface area contributed by atoms with Crippen molar-refractivity contribution < 1.29 is 27.8 Å². The molecule has 4 nitrogen and oxygen atoms in total. The van der Waals surface area contributed by atoms with Crippen LogP contribution < -0.4 is 10.1 Å². The zero-order valence-electron chi connectivity index (χ0n) is 12.4. The lowest BCUT2D eigenvalue weighted by atomic mass is 9.96. The smallest absolute Gasteiger partial charge is 0.416 e. The summed E-state index contributed by atoms with van der Waals surface area (Å²) in [6.07, 6.45) is -4.95. The highest BCUT2D eigenvalue weighted by Gasteiger charge is 2.30. The van der Waals surface area contributed by atoms with Crippen LogP contribution in [-0.2, 0) is 6.18 Å². The van der Waals surface area contributed by atoms with Crippen molar-refractivity contribution in [1.29, 1.82) is 0 Å². The average molecular weight is 337 g/mol. The fourth-order valence-electron chi connectivity index (χ4n) is 2.72. The van der Waals surface area contributed by atoms with Gasteiger partial charge in [0.15, 0.2) is 0 Å². The molecule has 2 N–H and O–H groups in total. The van der Waals surface area contributed by atoms with E-state index >= 15 is 0 Å². The predicted molar refractivity (Wildman–Crippen MR) is 80.9 cm³/mol. The molecular weight excluding hydrogens is 323 g/mol. The Bertz CT molecular complexity index is 757. The summed E-state index contributed by atoms with van der Waals surface area (Å²) in [6.45, 7) is 0.369. The van der Waals surface area contributed by atoms with Gasteiger partial charge in [-0.25, -0.2) is 4.79 Å². The van der Waals surface area contributed by atoms with Gasteiger partial charge in [0.1, 0.15) is 5.75 Å². The minimum Gasteiger partial charge on any atom is -0.493 e. The number of amides is 1. The number of hydrogen-bond donors (Lipinski definition) is 2. The van der Waals surface area contributed by atoms with E-state index in [9.17, 15) is 18.0 Å². The molecule has 1 amide bonds. The molecule has 0 aliphatic carbocycles. The summed E-state index contributed by atoms with van der Waals surface area (Å²) in [4.78, 5) is 10.8. The van der Waals surface area contributed by atoms with Gasteiger partial charge >= 0.3 is 12.3 Å². The molecule has 126 valence electrons. The van der Waals surface area contributed by atoms with Crippen molar-refractivity contribution in [1.82, 2.24) is 5.32 Å². The summed E-state index contributed by atoms with van der Waals surface area (Å²) < 4.78 is 43.4. The Balaban J connectivity index is 1.90. The number of fused-ring (bicyclic) bond motifs is 1. The van der Waals surface area contributed by atoms with E-state index in [-0.39, 0.29) is 6.04 Å². The van der Waals surface area contributed by atoms with Crippen LogP contribution in [0.15, 0.2) is 42.5 Å². The van der Waals surface area contributed by atoms with E-state index in [4.69, 9.17) is 9.84 Å². The zero-order chi connectivity index (χ0) is 17.3. The Morgan fingerprint density at radius 2 is 1.79 bits per heavy atom. The fourth-order valence-corrected chi connectivity index (χ4v) is 2.72. The molecule has 3 rings (SSSR count). The Morgan fingerprint density at radius 3 is 2.42 bits per heavy atom. The third-order valence-electron chi connectivity index (χ3n) is 3.90. The quantitative estimate of drug-likeness (QED) is 0.850. The van der Waals surface area contributed by atoms with Crippen LogP contribution in [0.25, 0.3) is 11.1 Å². The van der Waals surface area contributed by atoms with Crippen LogP contribution in [0, 0.1) is 0 Å². The van der Waals surface area contributed by atoms with E-state index < -0.39 is 17.8 Å². The van der Waals surface area contributed by atoms with Crippen molar-refractivity contribution in [3.05, 3.63) is 53.6 Å². The highest BCUT2D eigenvalue weighted by Crippen LogP contribution is 2.36. The number of halogens is 3. The molecule has 0 saturated carbocycles. The number of nitrogens with one attached hydrogen (secondary N) is 1. The zero-order valence-corrected chi connectivity index (χ0v) is 12.4. The fraction of sp³-hybridized carbons (Fsp3) is 0.235. The van der Waals surface area contributed by atoms with Crippen molar-refractivity contribution in [2.45, 2.75) is 18.6 Å². The van der Waals surface area contributed by atoms with Crippen molar-refractivity contribution in [3.63, 3.8) is 0 Å². The molecule has 1 aliphatic heterocycles. The first-order valence-corrected chi connectivity index (χ1v) is 7.28. The maximum atomic E-state index is 12.6. The van der Waals surface area contributed by atoms with Crippen LogP contribution in [0.1, 0.15) is 23.6 Å². The van der Waals surface area contributed by atoms with Crippen LogP contribution in [0.5, 0.6) is 5.75 Å². The second kappa shape index (κ2) is 6.07. The van der Waals surface area contributed by atoms with Crippen molar-refractivity contribution in [2.24, 2.45) is 0 Å². The molecule has 0 aromatic heterocycles. The first-order chi connectivity index (χ1) is 11.3. The normalized spacial score (nSPS) is 16.9. The van der Waals surface area contributed by atoms with E-state index in [0.717, 1.165) is 17.7 Å². The average Bonchev–Trinajstić information content (AvgIpc) is 2.53. The molecule has 1 unspecified atom stereocenters. The van der Waals surface area contributed by atoms with E-state index in [0.29, 0.717) is 29.9 Å². The van der Waals surface area contributed by atoms with Gasteiger partial charge in [0.25, 0.3) is 0 Å². The molecule has 0 radical (unpaired) electrons. The van der Waals surface area contributed by atoms with E-state index in [2.05, 4.69) is 5.32 Å². The van der Waals surface area contributed by atoms with Gasteiger partial charge < -0.3 is 15.2 Å². The third kappa shape index (κ3) is 3.29.